The first-order valence-corrected chi connectivity index (χ1v) is 16.8. The van der Waals surface area contributed by atoms with Crippen LogP contribution in [0.2, 0.25) is 0 Å². The van der Waals surface area contributed by atoms with E-state index in [9.17, 15) is 14.0 Å². The summed E-state index contributed by atoms with van der Waals surface area (Å²) in [6.07, 6.45) is 9.34. The monoisotopic (exact) mass is 661 g/mol. The number of hydrogen-bond acceptors (Lipinski definition) is 5. The fraction of sp³-hybridized carbons (Fsp3) is 0.486. The van der Waals surface area contributed by atoms with Gasteiger partial charge in [-0.2, -0.15) is 0 Å². The second-order valence-corrected chi connectivity index (χ2v) is 13.5. The van der Waals surface area contributed by atoms with E-state index in [2.05, 4.69) is 49.9 Å². The standard InChI is InChI=1S/C35H41BrFN5O2/c1-2-24-20-38-35(39-21-24)41-16-10-25(11-17-41)27-4-3-5-28(18-27)34(44)40-14-12-29-22-42(23-30(29)13-15-40)33(43)9-7-26-6-8-31(36)19-32(26)37/h3-6,8,18-21,25,29-30H,2,7,9-17,22-23H2,1H3/t29-,30+. The molecule has 9 heteroatoms. The van der Waals surface area contributed by atoms with E-state index < -0.39 is 0 Å². The Balaban J connectivity index is 0.995. The highest BCUT2D eigenvalue weighted by molar-refractivity contribution is 9.10. The van der Waals surface area contributed by atoms with Gasteiger partial charge in [-0.25, -0.2) is 14.4 Å². The van der Waals surface area contributed by atoms with E-state index in [1.165, 1.54) is 11.6 Å². The minimum atomic E-state index is -0.275. The third-order valence-corrected chi connectivity index (χ3v) is 10.4. The van der Waals surface area contributed by atoms with Crippen LogP contribution in [0.1, 0.15) is 72.0 Å². The van der Waals surface area contributed by atoms with E-state index in [1.807, 2.05) is 40.4 Å². The number of benzene rings is 2. The Morgan fingerprint density at radius 1 is 0.909 bits per heavy atom. The number of carbonyl (C=O) groups is 2. The SMILES string of the molecule is CCc1cnc(N2CCC(c3cccc(C(=O)N4CC[C@@H]5CN(C(=O)CCc6ccc(Br)cc6F)C[C@@H]5CC4)c3)CC2)nc1. The minimum Gasteiger partial charge on any atom is -0.342 e. The number of piperidine rings is 1. The maximum atomic E-state index is 14.2. The molecular formula is C35H41BrFN5O2. The van der Waals surface area contributed by atoms with Crippen LogP contribution in [-0.4, -0.2) is 70.9 Å². The Hall–Kier alpha value is -3.33. The largest absolute Gasteiger partial charge is 0.342 e. The van der Waals surface area contributed by atoms with Crippen molar-refractivity contribution in [2.45, 2.75) is 57.8 Å². The smallest absolute Gasteiger partial charge is 0.253 e. The molecule has 232 valence electrons. The summed E-state index contributed by atoms with van der Waals surface area (Å²) in [5.41, 5.74) is 3.73. The van der Waals surface area contributed by atoms with Crippen molar-refractivity contribution < 1.29 is 14.0 Å². The molecule has 0 radical (unpaired) electrons. The summed E-state index contributed by atoms with van der Waals surface area (Å²) in [4.78, 5) is 42.0. The van der Waals surface area contributed by atoms with Gasteiger partial charge in [0, 0.05) is 68.1 Å². The molecule has 1 aromatic heterocycles. The molecule has 3 saturated heterocycles. The van der Waals surface area contributed by atoms with Crippen LogP contribution in [0.15, 0.2) is 59.3 Å². The quantitative estimate of drug-likeness (QED) is 0.299. The number of hydrogen-bond donors (Lipinski definition) is 0. The summed E-state index contributed by atoms with van der Waals surface area (Å²) < 4.78 is 14.9. The number of aromatic nitrogens is 2. The van der Waals surface area contributed by atoms with Gasteiger partial charge >= 0.3 is 0 Å². The summed E-state index contributed by atoms with van der Waals surface area (Å²) in [5.74, 6) is 1.96. The first kappa shape index (κ1) is 30.7. The molecule has 7 nitrogen and oxygen atoms in total. The lowest BCUT2D eigenvalue weighted by Crippen LogP contribution is -2.35. The molecule has 4 heterocycles. The molecule has 2 aromatic carbocycles. The van der Waals surface area contributed by atoms with Gasteiger partial charge < -0.3 is 14.7 Å². The average Bonchev–Trinajstić information content (AvgIpc) is 3.37. The number of carbonyl (C=O) groups excluding carboxylic acids is 2. The molecule has 6 rings (SSSR count). The molecule has 0 spiro atoms. The predicted molar refractivity (Wildman–Crippen MR) is 173 cm³/mol. The molecule has 0 unspecified atom stereocenters. The number of likely N-dealkylation sites (tertiary alicyclic amines) is 2. The number of halogens is 2. The van der Waals surface area contributed by atoms with Gasteiger partial charge in [0.2, 0.25) is 11.9 Å². The van der Waals surface area contributed by atoms with Crippen molar-refractivity contribution in [3.05, 3.63) is 87.4 Å². The van der Waals surface area contributed by atoms with Crippen LogP contribution in [-0.2, 0) is 17.6 Å². The number of fused-ring (bicyclic) bond motifs is 1. The Kier molecular flexibility index (Phi) is 9.59. The zero-order valence-corrected chi connectivity index (χ0v) is 27.0. The van der Waals surface area contributed by atoms with Gasteiger partial charge in [-0.05, 0) is 97.2 Å². The highest BCUT2D eigenvalue weighted by Gasteiger charge is 2.37. The molecule has 0 saturated carbocycles. The summed E-state index contributed by atoms with van der Waals surface area (Å²) in [7, 11) is 0. The maximum Gasteiger partial charge on any atom is 0.253 e. The molecule has 0 N–H and O–H groups in total. The summed E-state index contributed by atoms with van der Waals surface area (Å²) in [6.45, 7) is 6.81. The average molecular weight is 663 g/mol. The zero-order valence-electron chi connectivity index (χ0n) is 25.4. The molecular weight excluding hydrogens is 621 g/mol. The summed E-state index contributed by atoms with van der Waals surface area (Å²) >= 11 is 3.28. The van der Waals surface area contributed by atoms with Gasteiger partial charge in [0.05, 0.1) is 0 Å². The van der Waals surface area contributed by atoms with Crippen LogP contribution in [0.25, 0.3) is 0 Å². The fourth-order valence-corrected chi connectivity index (χ4v) is 7.43. The first-order valence-electron chi connectivity index (χ1n) is 16.0. The van der Waals surface area contributed by atoms with Gasteiger partial charge in [0.15, 0.2) is 0 Å². The molecule has 2 amide bonds. The van der Waals surface area contributed by atoms with Crippen LogP contribution >= 0.6 is 15.9 Å². The van der Waals surface area contributed by atoms with E-state index in [1.54, 1.807) is 6.07 Å². The second kappa shape index (κ2) is 13.8. The number of nitrogens with zero attached hydrogens (tertiary/aromatic N) is 5. The van der Waals surface area contributed by atoms with Crippen LogP contribution in [0.5, 0.6) is 0 Å². The van der Waals surface area contributed by atoms with E-state index in [-0.39, 0.29) is 17.6 Å². The maximum absolute atomic E-state index is 14.2. The van der Waals surface area contributed by atoms with Crippen molar-refractivity contribution in [2.24, 2.45) is 11.8 Å². The number of anilines is 1. The van der Waals surface area contributed by atoms with E-state index >= 15 is 0 Å². The highest BCUT2D eigenvalue weighted by atomic mass is 79.9. The minimum absolute atomic E-state index is 0.0953. The van der Waals surface area contributed by atoms with E-state index in [0.29, 0.717) is 53.7 Å². The van der Waals surface area contributed by atoms with Crippen molar-refractivity contribution in [3.63, 3.8) is 0 Å². The van der Waals surface area contributed by atoms with Crippen LogP contribution in [0, 0.1) is 17.7 Å². The molecule has 3 aliphatic heterocycles. The van der Waals surface area contributed by atoms with Gasteiger partial charge in [0.25, 0.3) is 5.91 Å². The highest BCUT2D eigenvalue weighted by Crippen LogP contribution is 2.34. The van der Waals surface area contributed by atoms with Crippen molar-refractivity contribution >= 4 is 33.7 Å². The topological polar surface area (TPSA) is 69.6 Å². The molecule has 3 aliphatic rings. The van der Waals surface area contributed by atoms with Crippen molar-refractivity contribution in [3.8, 4) is 0 Å². The molecule has 0 bridgehead atoms. The fourth-order valence-electron chi connectivity index (χ4n) is 7.09. The van der Waals surface area contributed by atoms with Gasteiger partial charge in [-0.1, -0.05) is 41.1 Å². The van der Waals surface area contributed by atoms with Crippen molar-refractivity contribution in [2.75, 3.05) is 44.2 Å². The summed E-state index contributed by atoms with van der Waals surface area (Å²) in [6, 6.07) is 13.2. The molecule has 3 aromatic rings. The van der Waals surface area contributed by atoms with E-state index in [4.69, 9.17) is 0 Å². The van der Waals surface area contributed by atoms with E-state index in [0.717, 1.165) is 75.4 Å². The van der Waals surface area contributed by atoms with Crippen LogP contribution in [0.4, 0.5) is 10.3 Å². The Morgan fingerprint density at radius 2 is 1.61 bits per heavy atom. The normalized spacial score (nSPS) is 20.8. The van der Waals surface area contributed by atoms with Crippen LogP contribution < -0.4 is 4.90 Å². The third kappa shape index (κ3) is 6.98. The number of rotatable bonds is 7. The Bertz CT molecular complexity index is 1460. The lowest BCUT2D eigenvalue weighted by atomic mass is 9.88. The number of amides is 2. The molecule has 3 fully saturated rings. The van der Waals surface area contributed by atoms with Gasteiger partial charge in [-0.3, -0.25) is 9.59 Å². The zero-order chi connectivity index (χ0) is 30.6. The Labute approximate surface area is 268 Å². The molecule has 44 heavy (non-hydrogen) atoms. The lowest BCUT2D eigenvalue weighted by Gasteiger charge is -2.32. The van der Waals surface area contributed by atoms with Gasteiger partial charge in [-0.15, -0.1) is 0 Å². The Morgan fingerprint density at radius 3 is 2.27 bits per heavy atom. The van der Waals surface area contributed by atoms with Crippen LogP contribution in [0.3, 0.4) is 0 Å². The lowest BCUT2D eigenvalue weighted by molar-refractivity contribution is -0.130. The van der Waals surface area contributed by atoms with Gasteiger partial charge in [0.1, 0.15) is 5.82 Å². The second-order valence-electron chi connectivity index (χ2n) is 12.6. The summed E-state index contributed by atoms with van der Waals surface area (Å²) in [5, 5.41) is 0. The first-order chi connectivity index (χ1) is 21.4. The predicted octanol–water partition coefficient (Wildman–Crippen LogP) is 6.27. The number of aryl methyl sites for hydroxylation is 2. The van der Waals surface area contributed by atoms with Crippen molar-refractivity contribution in [1.82, 2.24) is 19.8 Å². The molecule has 2 atom stereocenters. The molecule has 0 aliphatic carbocycles. The third-order valence-electron chi connectivity index (χ3n) is 9.86. The van der Waals surface area contributed by atoms with Crippen molar-refractivity contribution in [1.29, 1.82) is 0 Å².